The predicted molar refractivity (Wildman–Crippen MR) is 134 cm³/mol. The highest BCUT2D eigenvalue weighted by atomic mass is 32.1. The number of benzene rings is 1. The molecule has 0 spiro atoms. The number of likely N-dealkylation sites (tertiary alicyclic amines) is 1. The van der Waals surface area contributed by atoms with Crippen LogP contribution in [0.3, 0.4) is 0 Å². The lowest BCUT2D eigenvalue weighted by Crippen LogP contribution is -2.48. The quantitative estimate of drug-likeness (QED) is 0.512. The number of nitrogens with zero attached hydrogens (tertiary/aromatic N) is 3. The molecule has 9 heteroatoms. The van der Waals surface area contributed by atoms with Crippen molar-refractivity contribution < 1.29 is 19.2 Å². The van der Waals surface area contributed by atoms with Gasteiger partial charge < -0.3 is 19.8 Å². The standard InChI is InChI=1S/C26H32N4O4S/c1-14(2)23(22-10-15(3)29-34-22)26(33)30-12-20(31)11-21(30)25(32)28-16(4)18-6-8-19(9-7-18)24-17(5)27-13-35-24/h6-10,13-14,16,20-21,23,31H,11-12H2,1-5H3,(H,28,32)/t16-,20-,21-,23+/m0/s1. The van der Waals surface area contributed by atoms with Gasteiger partial charge in [0.1, 0.15) is 17.7 Å². The van der Waals surface area contributed by atoms with Crippen molar-refractivity contribution in [1.29, 1.82) is 0 Å². The molecule has 186 valence electrons. The van der Waals surface area contributed by atoms with Crippen LogP contribution in [0.2, 0.25) is 0 Å². The second-order valence-electron chi connectivity index (χ2n) is 9.61. The maximum atomic E-state index is 13.5. The third-order valence-electron chi connectivity index (χ3n) is 6.53. The molecule has 0 saturated carbocycles. The second-order valence-corrected chi connectivity index (χ2v) is 10.5. The molecule has 1 aliphatic rings. The molecule has 1 fully saturated rings. The van der Waals surface area contributed by atoms with Gasteiger partial charge in [0.15, 0.2) is 0 Å². The monoisotopic (exact) mass is 496 g/mol. The van der Waals surface area contributed by atoms with Crippen LogP contribution in [0.1, 0.15) is 61.9 Å². The Bertz CT molecular complexity index is 1190. The van der Waals surface area contributed by atoms with Crippen LogP contribution in [-0.4, -0.2) is 50.7 Å². The summed E-state index contributed by atoms with van der Waals surface area (Å²) < 4.78 is 5.39. The summed E-state index contributed by atoms with van der Waals surface area (Å²) in [6.07, 6.45) is -0.551. The van der Waals surface area contributed by atoms with Crippen LogP contribution in [0.25, 0.3) is 10.4 Å². The van der Waals surface area contributed by atoms with Crippen LogP contribution in [0, 0.1) is 19.8 Å². The zero-order chi connectivity index (χ0) is 25.3. The molecule has 2 N–H and O–H groups in total. The fourth-order valence-corrected chi connectivity index (χ4v) is 5.46. The van der Waals surface area contributed by atoms with Gasteiger partial charge in [-0.3, -0.25) is 9.59 Å². The van der Waals surface area contributed by atoms with Crippen LogP contribution in [-0.2, 0) is 9.59 Å². The molecule has 2 amide bonds. The van der Waals surface area contributed by atoms with Gasteiger partial charge in [-0.1, -0.05) is 43.3 Å². The Labute approximate surface area is 209 Å². The molecule has 0 radical (unpaired) electrons. The summed E-state index contributed by atoms with van der Waals surface area (Å²) in [5.41, 5.74) is 5.56. The molecule has 8 nitrogen and oxygen atoms in total. The summed E-state index contributed by atoms with van der Waals surface area (Å²) in [6.45, 7) is 9.68. The number of aromatic nitrogens is 2. The summed E-state index contributed by atoms with van der Waals surface area (Å²) in [5.74, 6) is -0.661. The number of aliphatic hydroxyl groups is 1. The third-order valence-corrected chi connectivity index (χ3v) is 7.50. The molecule has 1 aliphatic heterocycles. The van der Waals surface area contributed by atoms with Crippen molar-refractivity contribution in [1.82, 2.24) is 20.4 Å². The topological polar surface area (TPSA) is 109 Å². The number of hydrogen-bond donors (Lipinski definition) is 2. The molecular formula is C26H32N4O4S. The molecule has 3 heterocycles. The molecule has 1 saturated heterocycles. The molecule has 0 unspecified atom stereocenters. The molecule has 4 atom stereocenters. The van der Waals surface area contributed by atoms with Crippen LogP contribution < -0.4 is 5.32 Å². The van der Waals surface area contributed by atoms with Crippen LogP contribution in [0.5, 0.6) is 0 Å². The molecular weight excluding hydrogens is 464 g/mol. The molecule has 0 bridgehead atoms. The number of aryl methyl sites for hydroxylation is 2. The van der Waals surface area contributed by atoms with Gasteiger partial charge in [-0.15, -0.1) is 11.3 Å². The highest BCUT2D eigenvalue weighted by Crippen LogP contribution is 2.32. The van der Waals surface area contributed by atoms with Gasteiger partial charge in [-0.05, 0) is 37.8 Å². The van der Waals surface area contributed by atoms with E-state index < -0.39 is 18.1 Å². The first-order valence-electron chi connectivity index (χ1n) is 11.9. The Hall–Kier alpha value is -3.04. The molecule has 0 aliphatic carbocycles. The van der Waals surface area contributed by atoms with E-state index in [1.54, 1.807) is 24.3 Å². The van der Waals surface area contributed by atoms with E-state index in [0.29, 0.717) is 11.5 Å². The van der Waals surface area contributed by atoms with Gasteiger partial charge in [0, 0.05) is 19.0 Å². The summed E-state index contributed by atoms with van der Waals surface area (Å²) in [6, 6.07) is 8.79. The van der Waals surface area contributed by atoms with E-state index in [4.69, 9.17) is 4.52 Å². The smallest absolute Gasteiger partial charge is 0.243 e. The summed E-state index contributed by atoms with van der Waals surface area (Å²) in [5, 5.41) is 17.3. The van der Waals surface area contributed by atoms with Gasteiger partial charge in [0.05, 0.1) is 33.9 Å². The van der Waals surface area contributed by atoms with Crippen molar-refractivity contribution in [2.24, 2.45) is 5.92 Å². The minimum absolute atomic E-state index is 0.0593. The maximum absolute atomic E-state index is 13.5. The largest absolute Gasteiger partial charge is 0.391 e. The van der Waals surface area contributed by atoms with Crippen LogP contribution in [0.4, 0.5) is 0 Å². The maximum Gasteiger partial charge on any atom is 0.243 e. The van der Waals surface area contributed by atoms with Crippen molar-refractivity contribution in [3.8, 4) is 10.4 Å². The third kappa shape index (κ3) is 5.31. The van der Waals surface area contributed by atoms with Gasteiger partial charge in [0.2, 0.25) is 11.8 Å². The van der Waals surface area contributed by atoms with E-state index in [1.807, 2.05) is 57.5 Å². The zero-order valence-corrected chi connectivity index (χ0v) is 21.5. The van der Waals surface area contributed by atoms with Crippen LogP contribution in [0.15, 0.2) is 40.4 Å². The first-order valence-corrected chi connectivity index (χ1v) is 12.8. The molecule has 4 rings (SSSR count). The Morgan fingerprint density at radius 1 is 1.20 bits per heavy atom. The molecule has 2 aromatic heterocycles. The van der Waals surface area contributed by atoms with Gasteiger partial charge in [-0.25, -0.2) is 4.98 Å². The van der Waals surface area contributed by atoms with Gasteiger partial charge >= 0.3 is 0 Å². The Balaban J connectivity index is 1.47. The molecule has 3 aromatic rings. The Morgan fingerprint density at radius 2 is 1.91 bits per heavy atom. The van der Waals surface area contributed by atoms with Crippen molar-refractivity contribution in [3.63, 3.8) is 0 Å². The SMILES string of the molecule is Cc1cc([C@H](C(=O)N2C[C@@H](O)C[C@H]2C(=O)N[C@@H](C)c2ccc(-c3scnc3C)cc2)C(C)C)on1. The highest BCUT2D eigenvalue weighted by molar-refractivity contribution is 7.13. The number of rotatable bonds is 7. The number of carbonyl (C=O) groups excluding carboxylic acids is 2. The van der Waals surface area contributed by atoms with Crippen molar-refractivity contribution in [3.05, 3.63) is 58.6 Å². The number of aliphatic hydroxyl groups excluding tert-OH is 1. The van der Waals surface area contributed by atoms with E-state index in [1.165, 1.54) is 4.90 Å². The average Bonchev–Trinajstić information content (AvgIpc) is 3.53. The molecule has 35 heavy (non-hydrogen) atoms. The number of hydrogen-bond acceptors (Lipinski definition) is 7. The fourth-order valence-electron chi connectivity index (χ4n) is 4.64. The highest BCUT2D eigenvalue weighted by Gasteiger charge is 2.43. The fraction of sp³-hybridized carbons (Fsp3) is 0.462. The number of nitrogens with one attached hydrogen (secondary N) is 1. The average molecular weight is 497 g/mol. The lowest BCUT2D eigenvalue weighted by molar-refractivity contribution is -0.141. The van der Waals surface area contributed by atoms with E-state index >= 15 is 0 Å². The lowest BCUT2D eigenvalue weighted by Gasteiger charge is -2.29. The van der Waals surface area contributed by atoms with E-state index in [9.17, 15) is 14.7 Å². The number of amides is 2. The normalized spacial score (nSPS) is 19.7. The number of thiazole rings is 1. The number of β-amino-alcohol motifs (C(OH)–C–C–N with tert-alkyl or cyclic N) is 1. The van der Waals surface area contributed by atoms with Gasteiger partial charge in [0.25, 0.3) is 0 Å². The second kappa shape index (κ2) is 10.3. The van der Waals surface area contributed by atoms with E-state index in [-0.39, 0.29) is 36.7 Å². The van der Waals surface area contributed by atoms with Crippen molar-refractivity contribution >= 4 is 23.2 Å². The van der Waals surface area contributed by atoms with Gasteiger partial charge in [-0.2, -0.15) is 0 Å². The summed E-state index contributed by atoms with van der Waals surface area (Å²) >= 11 is 1.60. The first kappa shape index (κ1) is 25.1. The van der Waals surface area contributed by atoms with Crippen molar-refractivity contribution in [2.45, 2.75) is 65.1 Å². The minimum atomic E-state index is -0.754. The first-order chi connectivity index (χ1) is 16.7. The van der Waals surface area contributed by atoms with Crippen molar-refractivity contribution in [2.75, 3.05) is 6.54 Å². The van der Waals surface area contributed by atoms with Crippen LogP contribution >= 0.6 is 11.3 Å². The Morgan fingerprint density at radius 3 is 2.49 bits per heavy atom. The Kier molecular flexibility index (Phi) is 7.37. The zero-order valence-electron chi connectivity index (χ0n) is 20.7. The van der Waals surface area contributed by atoms with E-state index in [0.717, 1.165) is 21.7 Å². The number of carbonyl (C=O) groups is 2. The van der Waals surface area contributed by atoms with E-state index in [2.05, 4.69) is 15.5 Å². The lowest BCUT2D eigenvalue weighted by atomic mass is 9.91. The summed E-state index contributed by atoms with van der Waals surface area (Å²) in [4.78, 5) is 33.7. The minimum Gasteiger partial charge on any atom is -0.391 e. The summed E-state index contributed by atoms with van der Waals surface area (Å²) in [7, 11) is 0. The molecule has 1 aromatic carbocycles. The predicted octanol–water partition coefficient (Wildman–Crippen LogP) is 3.99.